The number of carboxylic acid groups (broad SMARTS) is 1. The summed E-state index contributed by atoms with van der Waals surface area (Å²) in [4.78, 5) is 48.9. The Bertz CT molecular complexity index is 722. The van der Waals surface area contributed by atoms with Crippen LogP contribution in [0.5, 0.6) is 0 Å². The van der Waals surface area contributed by atoms with Gasteiger partial charge in [-0.1, -0.05) is 168 Å². The van der Waals surface area contributed by atoms with E-state index in [1.807, 2.05) is 0 Å². The summed E-state index contributed by atoms with van der Waals surface area (Å²) in [5.74, 6) is -4.15. The zero-order valence-electron chi connectivity index (χ0n) is 29.1. The molecule has 0 aromatic rings. The molecular formula is C35H64NaO8P. The molecule has 2 atom stereocenters. The summed E-state index contributed by atoms with van der Waals surface area (Å²) in [5.41, 5.74) is -3.08. The zero-order valence-corrected chi connectivity index (χ0v) is 32.0. The van der Waals surface area contributed by atoms with Crippen molar-refractivity contribution in [2.24, 2.45) is 0 Å². The smallest absolute Gasteiger partial charge is 0.566 e. The number of carboxylic acids is 1. The number of aliphatic hydroxyl groups is 1. The minimum absolute atomic E-state index is 0. The van der Waals surface area contributed by atoms with Crippen molar-refractivity contribution in [3.8, 4) is 0 Å². The molecule has 10 heteroatoms. The SMILES string of the molecule is CCCCCCCCCCCCCCCC(=O)C(O)(C(=O)CCCCCCCCCCCCCCC)C(O[P+](=O)[O-])C(=O)[O-].[Na+]. The molecule has 0 aliphatic rings. The first-order valence-corrected chi connectivity index (χ1v) is 19.1. The Kier molecular flexibility index (Phi) is 33.7. The largest absolute Gasteiger partial charge is 1.00 e. The minimum Gasteiger partial charge on any atom is -0.566 e. The van der Waals surface area contributed by atoms with Crippen LogP contribution in [-0.2, 0) is 23.5 Å². The molecule has 0 radical (unpaired) electrons. The van der Waals surface area contributed by atoms with E-state index in [1.54, 1.807) is 0 Å². The van der Waals surface area contributed by atoms with Gasteiger partial charge in [-0.3, -0.25) is 9.59 Å². The van der Waals surface area contributed by atoms with Crippen LogP contribution < -0.4 is 39.6 Å². The van der Waals surface area contributed by atoms with Crippen LogP contribution >= 0.6 is 8.25 Å². The van der Waals surface area contributed by atoms with Crippen molar-refractivity contribution in [1.82, 2.24) is 0 Å². The quantitative estimate of drug-likeness (QED) is 0.0439. The summed E-state index contributed by atoms with van der Waals surface area (Å²) in [6.07, 6.45) is 25.4. The van der Waals surface area contributed by atoms with Gasteiger partial charge in [0.2, 0.25) is 5.60 Å². The molecule has 0 amide bonds. The number of carbonyl (C=O) groups excluding carboxylic acids is 3. The van der Waals surface area contributed by atoms with Crippen LogP contribution in [0.1, 0.15) is 194 Å². The molecule has 0 aromatic heterocycles. The number of hydrogen-bond donors (Lipinski definition) is 1. The van der Waals surface area contributed by atoms with E-state index in [0.717, 1.165) is 38.5 Å². The monoisotopic (exact) mass is 666 g/mol. The molecule has 45 heavy (non-hydrogen) atoms. The van der Waals surface area contributed by atoms with Crippen molar-refractivity contribution in [3.05, 3.63) is 0 Å². The van der Waals surface area contributed by atoms with Crippen molar-refractivity contribution < 1.29 is 68.1 Å². The normalized spacial score (nSPS) is 12.5. The third-order valence-electron chi connectivity index (χ3n) is 8.65. The van der Waals surface area contributed by atoms with Crippen LogP contribution in [0.4, 0.5) is 0 Å². The maximum atomic E-state index is 13.0. The van der Waals surface area contributed by atoms with Crippen molar-refractivity contribution in [3.63, 3.8) is 0 Å². The fraction of sp³-hybridized carbons (Fsp3) is 0.914. The van der Waals surface area contributed by atoms with E-state index in [-0.39, 0.29) is 42.4 Å². The second kappa shape index (κ2) is 32.3. The summed E-state index contributed by atoms with van der Waals surface area (Å²) >= 11 is 0. The molecule has 1 N–H and O–H groups in total. The van der Waals surface area contributed by atoms with Gasteiger partial charge < -0.3 is 19.9 Å². The second-order valence-electron chi connectivity index (χ2n) is 12.6. The first kappa shape index (κ1) is 46.9. The van der Waals surface area contributed by atoms with E-state index < -0.39 is 37.5 Å². The Labute approximate surface area is 297 Å². The maximum Gasteiger partial charge on any atom is 1.00 e. The van der Waals surface area contributed by atoms with Gasteiger partial charge >= 0.3 is 37.8 Å². The van der Waals surface area contributed by atoms with Crippen molar-refractivity contribution >= 4 is 25.8 Å². The number of Topliss-reactive ketones (excluding diaryl/α,β-unsaturated/α-hetero) is 2. The van der Waals surface area contributed by atoms with E-state index in [0.29, 0.717) is 25.7 Å². The first-order chi connectivity index (χ1) is 21.2. The Balaban J connectivity index is 0. The zero-order chi connectivity index (χ0) is 32.9. The predicted molar refractivity (Wildman–Crippen MR) is 173 cm³/mol. The third kappa shape index (κ3) is 24.6. The molecule has 0 aromatic carbocycles. The minimum atomic E-state index is -3.74. The topological polar surface area (TPSA) is 144 Å². The van der Waals surface area contributed by atoms with Gasteiger partial charge in [0.25, 0.3) is 0 Å². The number of hydrogen-bond acceptors (Lipinski definition) is 8. The van der Waals surface area contributed by atoms with Gasteiger partial charge in [0.15, 0.2) is 17.7 Å². The average Bonchev–Trinajstić information content (AvgIpc) is 2.99. The molecular weight excluding hydrogens is 602 g/mol. The van der Waals surface area contributed by atoms with Gasteiger partial charge in [0.1, 0.15) is 0 Å². The Morgan fingerprint density at radius 2 is 0.822 bits per heavy atom. The number of carbonyl (C=O) groups is 3. The number of rotatable bonds is 34. The standard InChI is InChI=1S/C35H65O8P.Na/c1-3-5-7-9-11-13-15-17-19-21-23-25-27-29-31(36)35(40,33(34(38)39)43-44(41)42)32(37)30-28-26-24-22-20-18-16-14-12-10-8-6-4-2;/h33,40H,3-30H2,1-2H3,(H,38,39);/q;+1/p-1. The predicted octanol–water partition coefficient (Wildman–Crippen LogP) is 4.98. The molecule has 0 rings (SSSR count). The van der Waals surface area contributed by atoms with Gasteiger partial charge in [0, 0.05) is 12.8 Å². The molecule has 2 unspecified atom stereocenters. The van der Waals surface area contributed by atoms with Crippen LogP contribution in [0.25, 0.3) is 0 Å². The van der Waals surface area contributed by atoms with Crippen molar-refractivity contribution in [1.29, 1.82) is 0 Å². The van der Waals surface area contributed by atoms with Crippen LogP contribution in [0.2, 0.25) is 0 Å². The molecule has 0 fully saturated rings. The molecule has 0 aliphatic carbocycles. The Hall–Kier alpha value is -0.210. The maximum absolute atomic E-state index is 13.0. The van der Waals surface area contributed by atoms with E-state index in [9.17, 15) is 34.1 Å². The van der Waals surface area contributed by atoms with E-state index in [4.69, 9.17) is 0 Å². The van der Waals surface area contributed by atoms with Gasteiger partial charge in [-0.15, -0.1) is 4.52 Å². The summed E-state index contributed by atoms with van der Waals surface area (Å²) in [5, 5.41) is 22.8. The molecule has 0 bridgehead atoms. The molecule has 0 saturated heterocycles. The van der Waals surface area contributed by atoms with E-state index >= 15 is 0 Å². The molecule has 0 heterocycles. The summed E-state index contributed by atoms with van der Waals surface area (Å²) in [6.45, 7) is 4.43. The number of unbranched alkanes of at least 4 members (excludes halogenated alkanes) is 24. The average molecular weight is 667 g/mol. The van der Waals surface area contributed by atoms with Crippen LogP contribution in [-0.4, -0.2) is 34.3 Å². The van der Waals surface area contributed by atoms with E-state index in [1.165, 1.54) is 103 Å². The molecule has 258 valence electrons. The number of ketones is 2. The fourth-order valence-corrected chi connectivity index (χ4v) is 6.22. The molecule has 8 nitrogen and oxygen atoms in total. The Morgan fingerprint density at radius 1 is 0.578 bits per heavy atom. The number of aliphatic carboxylic acids is 1. The molecule has 0 spiro atoms. The fourth-order valence-electron chi connectivity index (χ4n) is 5.81. The molecule has 0 saturated carbocycles. The van der Waals surface area contributed by atoms with Gasteiger partial charge in [-0.25, -0.2) is 0 Å². The Morgan fingerprint density at radius 3 is 1.04 bits per heavy atom. The van der Waals surface area contributed by atoms with Gasteiger partial charge in [0.05, 0.1) is 5.97 Å². The van der Waals surface area contributed by atoms with Crippen LogP contribution in [0.3, 0.4) is 0 Å². The summed E-state index contributed by atoms with van der Waals surface area (Å²) in [7, 11) is -3.74. The van der Waals surface area contributed by atoms with Gasteiger partial charge in [-0.2, -0.15) is 0 Å². The van der Waals surface area contributed by atoms with E-state index in [2.05, 4.69) is 18.4 Å². The van der Waals surface area contributed by atoms with Crippen molar-refractivity contribution in [2.75, 3.05) is 0 Å². The second-order valence-corrected chi connectivity index (χ2v) is 13.3. The summed E-state index contributed by atoms with van der Waals surface area (Å²) < 4.78 is 15.5. The first-order valence-electron chi connectivity index (χ1n) is 18.0. The third-order valence-corrected chi connectivity index (χ3v) is 9.03. The molecule has 0 aliphatic heterocycles. The van der Waals surface area contributed by atoms with Gasteiger partial charge in [-0.05, 0) is 17.4 Å². The summed E-state index contributed by atoms with van der Waals surface area (Å²) in [6, 6.07) is 0. The van der Waals surface area contributed by atoms with Crippen molar-refractivity contribution in [2.45, 2.75) is 205 Å². The van der Waals surface area contributed by atoms with Crippen LogP contribution in [0, 0.1) is 0 Å². The van der Waals surface area contributed by atoms with Crippen LogP contribution in [0.15, 0.2) is 0 Å².